The number of ether oxygens (including phenoxy) is 2. The summed E-state index contributed by atoms with van der Waals surface area (Å²) in [7, 11) is 3.14. The van der Waals surface area contributed by atoms with Crippen molar-refractivity contribution in [2.45, 2.75) is 13.0 Å². The second kappa shape index (κ2) is 13.2. The molecule has 0 fully saturated rings. The molecule has 0 aliphatic rings. The Labute approximate surface area is 219 Å². The molecule has 3 rings (SSSR count). The molecule has 0 bridgehead atoms. The van der Waals surface area contributed by atoms with Crippen LogP contribution in [0.1, 0.15) is 20.8 Å². The van der Waals surface area contributed by atoms with Gasteiger partial charge in [0.05, 0.1) is 25.7 Å². The highest BCUT2D eigenvalue weighted by atomic mass is 32.1. The van der Waals surface area contributed by atoms with Gasteiger partial charge in [-0.25, -0.2) is 0 Å². The molecule has 3 aromatic rings. The minimum atomic E-state index is -0.559. The topological polar surface area (TPSA) is 102 Å². The minimum absolute atomic E-state index is 0.121. The van der Waals surface area contributed by atoms with Crippen LogP contribution < -0.4 is 9.47 Å². The zero-order valence-corrected chi connectivity index (χ0v) is 21.6. The van der Waals surface area contributed by atoms with Crippen molar-refractivity contribution in [3.8, 4) is 11.5 Å². The zero-order chi connectivity index (χ0) is 26.8. The number of non-ortho nitro benzene ring substituents is 1. The molecular weight excluding hydrogens is 494 g/mol. The van der Waals surface area contributed by atoms with Gasteiger partial charge in [0, 0.05) is 35.7 Å². The molecule has 0 spiro atoms. The van der Waals surface area contributed by atoms with Gasteiger partial charge >= 0.3 is 0 Å². The number of carbonyl (C=O) groups excluding carboxylic acids is 2. The molecule has 0 aliphatic heterocycles. The summed E-state index contributed by atoms with van der Waals surface area (Å²) in [6.07, 6.45) is 2.09. The van der Waals surface area contributed by atoms with E-state index in [-0.39, 0.29) is 30.2 Å². The van der Waals surface area contributed by atoms with Crippen LogP contribution in [0.2, 0.25) is 0 Å². The summed E-state index contributed by atoms with van der Waals surface area (Å²) in [6, 6.07) is 15.0. The maximum Gasteiger partial charge on any atom is 0.270 e. The normalized spacial score (nSPS) is 10.4. The lowest BCUT2D eigenvalue weighted by molar-refractivity contribution is -0.384. The molecule has 0 unspecified atom stereocenters. The number of thiophene rings is 1. The third-order valence-electron chi connectivity index (χ3n) is 5.66. The number of amides is 2. The van der Waals surface area contributed by atoms with Gasteiger partial charge in [-0.1, -0.05) is 24.3 Å². The molecule has 0 saturated heterocycles. The van der Waals surface area contributed by atoms with E-state index in [0.29, 0.717) is 31.0 Å². The Hall–Kier alpha value is -4.18. The molecule has 2 amide bonds. The molecular formula is C27H29N3O6S. The number of nitro benzene ring substituents is 1. The van der Waals surface area contributed by atoms with Gasteiger partial charge < -0.3 is 19.3 Å². The fraction of sp³-hybridized carbons (Fsp3) is 0.259. The highest BCUT2D eigenvalue weighted by Gasteiger charge is 2.23. The lowest BCUT2D eigenvalue weighted by Crippen LogP contribution is -2.43. The predicted octanol–water partition coefficient (Wildman–Crippen LogP) is 4.57. The van der Waals surface area contributed by atoms with E-state index >= 15 is 0 Å². The number of hydrogen-bond donors (Lipinski definition) is 0. The number of methoxy groups -OCH3 is 2. The third-order valence-corrected chi connectivity index (χ3v) is 6.53. The first-order valence-electron chi connectivity index (χ1n) is 11.5. The molecule has 0 radical (unpaired) electrons. The molecule has 0 saturated carbocycles. The van der Waals surface area contributed by atoms with Gasteiger partial charge in [-0.2, -0.15) is 0 Å². The third kappa shape index (κ3) is 7.40. The SMILES string of the molecule is C=CCN(CC(=O)N(CCc1ccc(OC)c(OC)c1)Cc1cccs1)C(=O)c1cccc([N+](=O)[O-])c1. The molecule has 1 heterocycles. The Morgan fingerprint density at radius 3 is 2.49 bits per heavy atom. The van der Waals surface area contributed by atoms with Crippen LogP contribution in [0.3, 0.4) is 0 Å². The van der Waals surface area contributed by atoms with Crippen molar-refractivity contribution >= 4 is 28.8 Å². The van der Waals surface area contributed by atoms with Crippen LogP contribution in [-0.2, 0) is 17.8 Å². The van der Waals surface area contributed by atoms with Crippen molar-refractivity contribution < 1.29 is 24.0 Å². The van der Waals surface area contributed by atoms with E-state index in [0.717, 1.165) is 10.4 Å². The maximum atomic E-state index is 13.5. The van der Waals surface area contributed by atoms with E-state index in [4.69, 9.17) is 9.47 Å². The Kier molecular flexibility index (Phi) is 9.79. The van der Waals surface area contributed by atoms with Gasteiger partial charge in [0.1, 0.15) is 6.54 Å². The number of nitro groups is 1. The molecule has 9 nitrogen and oxygen atoms in total. The Balaban J connectivity index is 1.78. The van der Waals surface area contributed by atoms with Gasteiger partial charge in [-0.05, 0) is 41.6 Å². The van der Waals surface area contributed by atoms with Crippen LogP contribution in [0.15, 0.2) is 72.6 Å². The molecule has 10 heteroatoms. The van der Waals surface area contributed by atoms with Crippen LogP contribution in [0.25, 0.3) is 0 Å². The van der Waals surface area contributed by atoms with Gasteiger partial charge in [0.25, 0.3) is 11.6 Å². The Bertz CT molecular complexity index is 1240. The van der Waals surface area contributed by atoms with E-state index < -0.39 is 10.8 Å². The summed E-state index contributed by atoms with van der Waals surface area (Å²) in [5, 5.41) is 13.1. The second-order valence-corrected chi connectivity index (χ2v) is 9.15. The number of nitrogens with zero attached hydrogens (tertiary/aromatic N) is 3. The smallest absolute Gasteiger partial charge is 0.270 e. The number of carbonyl (C=O) groups is 2. The predicted molar refractivity (Wildman–Crippen MR) is 142 cm³/mol. The first kappa shape index (κ1) is 27.4. The van der Waals surface area contributed by atoms with Crippen molar-refractivity contribution in [3.05, 3.63) is 98.8 Å². The van der Waals surface area contributed by atoms with Crippen molar-refractivity contribution in [1.29, 1.82) is 0 Å². The number of hydrogen-bond acceptors (Lipinski definition) is 7. The van der Waals surface area contributed by atoms with Crippen LogP contribution in [-0.4, -0.2) is 60.4 Å². The highest BCUT2D eigenvalue weighted by molar-refractivity contribution is 7.09. The van der Waals surface area contributed by atoms with Gasteiger partial charge in [-0.15, -0.1) is 17.9 Å². The van der Waals surface area contributed by atoms with Crippen LogP contribution in [0.4, 0.5) is 5.69 Å². The lowest BCUT2D eigenvalue weighted by atomic mass is 10.1. The second-order valence-electron chi connectivity index (χ2n) is 8.12. The van der Waals surface area contributed by atoms with Crippen molar-refractivity contribution in [2.75, 3.05) is 33.9 Å². The van der Waals surface area contributed by atoms with E-state index in [1.807, 2.05) is 35.7 Å². The number of rotatable bonds is 13. The fourth-order valence-electron chi connectivity index (χ4n) is 3.76. The van der Waals surface area contributed by atoms with Crippen molar-refractivity contribution in [2.24, 2.45) is 0 Å². The summed E-state index contributed by atoms with van der Waals surface area (Å²) >= 11 is 1.55. The molecule has 0 aliphatic carbocycles. The lowest BCUT2D eigenvalue weighted by Gasteiger charge is -2.27. The minimum Gasteiger partial charge on any atom is -0.493 e. The van der Waals surface area contributed by atoms with Crippen molar-refractivity contribution in [1.82, 2.24) is 9.80 Å². The van der Waals surface area contributed by atoms with Gasteiger partial charge in [-0.3, -0.25) is 19.7 Å². The van der Waals surface area contributed by atoms with E-state index in [2.05, 4.69) is 6.58 Å². The zero-order valence-electron chi connectivity index (χ0n) is 20.8. The largest absolute Gasteiger partial charge is 0.493 e. The quantitative estimate of drug-likeness (QED) is 0.185. The molecule has 1 aromatic heterocycles. The van der Waals surface area contributed by atoms with E-state index in [9.17, 15) is 19.7 Å². The molecule has 37 heavy (non-hydrogen) atoms. The van der Waals surface area contributed by atoms with Crippen LogP contribution in [0.5, 0.6) is 11.5 Å². The monoisotopic (exact) mass is 523 g/mol. The number of benzene rings is 2. The molecule has 0 atom stereocenters. The molecule has 194 valence electrons. The molecule has 0 N–H and O–H groups in total. The summed E-state index contributed by atoms with van der Waals surface area (Å²) in [5.74, 6) is 0.510. The summed E-state index contributed by atoms with van der Waals surface area (Å²) in [4.78, 5) is 41.3. The summed E-state index contributed by atoms with van der Waals surface area (Å²) in [6.45, 7) is 4.44. The Morgan fingerprint density at radius 1 is 1.05 bits per heavy atom. The van der Waals surface area contributed by atoms with E-state index in [1.165, 1.54) is 35.2 Å². The van der Waals surface area contributed by atoms with Crippen molar-refractivity contribution in [3.63, 3.8) is 0 Å². The Morgan fingerprint density at radius 2 is 1.84 bits per heavy atom. The average Bonchev–Trinajstić information content (AvgIpc) is 3.43. The summed E-state index contributed by atoms with van der Waals surface area (Å²) in [5.41, 5.74) is 0.918. The average molecular weight is 524 g/mol. The molecule has 2 aromatic carbocycles. The fourth-order valence-corrected chi connectivity index (χ4v) is 4.48. The maximum absolute atomic E-state index is 13.5. The van der Waals surface area contributed by atoms with Gasteiger partial charge in [0.15, 0.2) is 11.5 Å². The standard InChI is InChI=1S/C27H29N3O6S/c1-4-13-29(27(32)21-7-5-8-22(17-21)30(33)34)19-26(31)28(18-23-9-6-15-37-23)14-12-20-10-11-24(35-2)25(16-20)36-3/h4-11,15-17H,1,12-14,18-19H2,2-3H3. The van der Waals surface area contributed by atoms with Gasteiger partial charge in [0.2, 0.25) is 5.91 Å². The van der Waals surface area contributed by atoms with Crippen LogP contribution in [0, 0.1) is 10.1 Å². The van der Waals surface area contributed by atoms with Crippen LogP contribution >= 0.6 is 11.3 Å². The first-order chi connectivity index (χ1) is 17.9. The first-order valence-corrected chi connectivity index (χ1v) is 12.4. The summed E-state index contributed by atoms with van der Waals surface area (Å²) < 4.78 is 10.7. The van der Waals surface area contributed by atoms with E-state index in [1.54, 1.807) is 30.5 Å². The highest BCUT2D eigenvalue weighted by Crippen LogP contribution is 2.28.